The summed E-state index contributed by atoms with van der Waals surface area (Å²) in [6, 6.07) is 12.9. The first-order valence-corrected chi connectivity index (χ1v) is 8.65. The first kappa shape index (κ1) is 16.3. The van der Waals surface area contributed by atoms with Crippen LogP contribution in [0.4, 0.5) is 5.82 Å². The van der Waals surface area contributed by atoms with Gasteiger partial charge < -0.3 is 5.32 Å². The van der Waals surface area contributed by atoms with E-state index in [1.807, 2.05) is 30.3 Å². The maximum absolute atomic E-state index is 12.4. The Bertz CT molecular complexity index is 1000. The van der Waals surface area contributed by atoms with Crippen LogP contribution in [0.2, 0.25) is 0 Å². The fourth-order valence-corrected chi connectivity index (χ4v) is 2.94. The fraction of sp³-hybridized carbons (Fsp3) is 0.263. The van der Waals surface area contributed by atoms with E-state index in [-0.39, 0.29) is 23.3 Å². The maximum atomic E-state index is 12.4. The zero-order chi connectivity index (χ0) is 18.1. The van der Waals surface area contributed by atoms with Crippen LogP contribution in [0.25, 0.3) is 17.2 Å². The summed E-state index contributed by atoms with van der Waals surface area (Å²) in [5.74, 6) is 0.797. The van der Waals surface area contributed by atoms with Crippen LogP contribution in [0.3, 0.4) is 0 Å². The number of carbonyl (C=O) groups excluding carboxylic acids is 1. The predicted molar refractivity (Wildman–Crippen MR) is 98.1 cm³/mol. The van der Waals surface area contributed by atoms with Gasteiger partial charge in [0.05, 0.1) is 5.69 Å². The van der Waals surface area contributed by atoms with Crippen LogP contribution in [0.5, 0.6) is 0 Å². The number of H-pyrrole nitrogens is 1. The van der Waals surface area contributed by atoms with Gasteiger partial charge in [-0.15, -0.1) is 0 Å². The van der Waals surface area contributed by atoms with E-state index in [0.29, 0.717) is 17.2 Å². The van der Waals surface area contributed by atoms with Gasteiger partial charge in [0.15, 0.2) is 0 Å². The second kappa shape index (κ2) is 6.59. The van der Waals surface area contributed by atoms with E-state index < -0.39 is 0 Å². The van der Waals surface area contributed by atoms with Crippen LogP contribution in [0, 0.1) is 12.8 Å². The molecule has 7 nitrogen and oxygen atoms in total. The van der Waals surface area contributed by atoms with E-state index in [9.17, 15) is 9.59 Å². The Morgan fingerprint density at radius 2 is 2.00 bits per heavy atom. The summed E-state index contributed by atoms with van der Waals surface area (Å²) in [7, 11) is 0. The highest BCUT2D eigenvalue weighted by Gasteiger charge is 2.26. The highest BCUT2D eigenvalue weighted by atomic mass is 16.2. The number of hydrogen-bond donors (Lipinski definition) is 2. The molecule has 26 heavy (non-hydrogen) atoms. The summed E-state index contributed by atoms with van der Waals surface area (Å²) in [6.45, 7) is 1.74. The third kappa shape index (κ3) is 3.15. The quantitative estimate of drug-likeness (QED) is 0.757. The lowest BCUT2D eigenvalue weighted by atomic mass is 9.85. The number of anilines is 1. The van der Waals surface area contributed by atoms with E-state index in [1.54, 1.807) is 13.0 Å². The van der Waals surface area contributed by atoms with Crippen LogP contribution >= 0.6 is 0 Å². The number of aromatic nitrogens is 4. The Hall–Kier alpha value is -3.22. The van der Waals surface area contributed by atoms with Gasteiger partial charge >= 0.3 is 0 Å². The normalized spacial score (nSPS) is 14.0. The first-order valence-electron chi connectivity index (χ1n) is 8.65. The number of carbonyl (C=O) groups is 1. The van der Waals surface area contributed by atoms with E-state index >= 15 is 0 Å². The molecule has 1 aliphatic rings. The molecule has 0 radical (unpaired) electrons. The minimum atomic E-state index is -0.263. The average Bonchev–Trinajstić information content (AvgIpc) is 2.97. The monoisotopic (exact) mass is 349 g/mol. The van der Waals surface area contributed by atoms with Crippen molar-refractivity contribution in [2.45, 2.75) is 26.2 Å². The molecule has 132 valence electrons. The Labute approximate surface area is 150 Å². The molecule has 0 spiro atoms. The molecule has 2 N–H and O–H groups in total. The Kier molecular flexibility index (Phi) is 4.12. The summed E-state index contributed by atoms with van der Waals surface area (Å²) >= 11 is 0. The van der Waals surface area contributed by atoms with Crippen LogP contribution in [-0.4, -0.2) is 25.7 Å². The Balaban J connectivity index is 1.78. The van der Waals surface area contributed by atoms with Gasteiger partial charge in [-0.05, 0) is 19.8 Å². The third-order valence-corrected chi connectivity index (χ3v) is 4.56. The van der Waals surface area contributed by atoms with E-state index in [0.717, 1.165) is 24.8 Å². The topological polar surface area (TPSA) is 92.7 Å². The number of aryl methyl sites for hydroxylation is 1. The number of nitrogens with one attached hydrogen (secondary N) is 2. The lowest BCUT2D eigenvalue weighted by molar-refractivity contribution is -0.122. The van der Waals surface area contributed by atoms with Gasteiger partial charge in [0.1, 0.15) is 5.82 Å². The lowest BCUT2D eigenvalue weighted by Gasteiger charge is -2.23. The predicted octanol–water partition coefficient (Wildman–Crippen LogP) is 2.67. The Morgan fingerprint density at radius 1 is 1.23 bits per heavy atom. The van der Waals surface area contributed by atoms with Gasteiger partial charge in [0.25, 0.3) is 5.56 Å². The summed E-state index contributed by atoms with van der Waals surface area (Å²) < 4.78 is 1.48. The number of nitrogens with zero attached hydrogens (tertiary/aromatic N) is 3. The third-order valence-electron chi connectivity index (χ3n) is 4.56. The maximum Gasteiger partial charge on any atom is 0.252 e. The van der Waals surface area contributed by atoms with Crippen LogP contribution in [-0.2, 0) is 4.79 Å². The molecule has 4 rings (SSSR count). The van der Waals surface area contributed by atoms with E-state index in [1.165, 1.54) is 10.7 Å². The van der Waals surface area contributed by atoms with Crippen molar-refractivity contribution in [3.63, 3.8) is 0 Å². The zero-order valence-electron chi connectivity index (χ0n) is 14.4. The minimum absolute atomic E-state index is 0.0213. The molecule has 0 aliphatic heterocycles. The first-order chi connectivity index (χ1) is 12.6. The molecule has 1 aromatic carbocycles. The van der Waals surface area contributed by atoms with Gasteiger partial charge in [-0.3, -0.25) is 14.6 Å². The number of amides is 1. The van der Waals surface area contributed by atoms with Crippen molar-refractivity contribution in [3.8, 4) is 17.2 Å². The minimum Gasteiger partial charge on any atom is -0.310 e. The van der Waals surface area contributed by atoms with Gasteiger partial charge in [-0.25, -0.2) is 4.98 Å². The van der Waals surface area contributed by atoms with Crippen molar-refractivity contribution in [3.05, 3.63) is 58.5 Å². The standard InChI is InChI=1S/C19H19N5O2/c1-12-10-17(25)22-19(20-12)24-16(21-18(26)14-8-5-9-14)11-15(23-24)13-6-3-2-4-7-13/h2-4,6-7,10-11,14H,5,8-9H2,1H3,(H,21,26)(H,20,22,25). The van der Waals surface area contributed by atoms with Gasteiger partial charge in [0, 0.05) is 29.3 Å². The lowest BCUT2D eigenvalue weighted by Crippen LogP contribution is -2.29. The number of aromatic amines is 1. The molecule has 0 bridgehead atoms. The van der Waals surface area contributed by atoms with Crippen LogP contribution < -0.4 is 10.9 Å². The molecule has 2 aromatic heterocycles. The number of hydrogen-bond acceptors (Lipinski definition) is 4. The van der Waals surface area contributed by atoms with E-state index in [2.05, 4.69) is 20.4 Å². The van der Waals surface area contributed by atoms with Crippen molar-refractivity contribution >= 4 is 11.7 Å². The Morgan fingerprint density at radius 3 is 2.65 bits per heavy atom. The van der Waals surface area contributed by atoms with Crippen molar-refractivity contribution in [1.29, 1.82) is 0 Å². The molecule has 1 saturated carbocycles. The molecule has 1 fully saturated rings. The number of rotatable bonds is 4. The molecular formula is C19H19N5O2. The molecular weight excluding hydrogens is 330 g/mol. The molecule has 2 heterocycles. The van der Waals surface area contributed by atoms with Crippen LogP contribution in [0.15, 0.2) is 47.3 Å². The van der Waals surface area contributed by atoms with Crippen molar-refractivity contribution < 1.29 is 4.79 Å². The summed E-state index contributed by atoms with van der Waals surface area (Å²) in [6.07, 6.45) is 2.90. The summed E-state index contributed by atoms with van der Waals surface area (Å²) in [4.78, 5) is 31.3. The highest BCUT2D eigenvalue weighted by molar-refractivity contribution is 5.93. The summed E-state index contributed by atoms with van der Waals surface area (Å²) in [5.41, 5.74) is 1.93. The molecule has 0 atom stereocenters. The number of benzene rings is 1. The van der Waals surface area contributed by atoms with Crippen molar-refractivity contribution in [1.82, 2.24) is 19.7 Å². The molecule has 7 heteroatoms. The fourth-order valence-electron chi connectivity index (χ4n) is 2.94. The molecule has 0 saturated heterocycles. The van der Waals surface area contributed by atoms with Gasteiger partial charge in [-0.2, -0.15) is 9.78 Å². The molecule has 1 aliphatic carbocycles. The van der Waals surface area contributed by atoms with Gasteiger partial charge in [0.2, 0.25) is 11.9 Å². The van der Waals surface area contributed by atoms with Crippen LogP contribution in [0.1, 0.15) is 25.0 Å². The second-order valence-corrected chi connectivity index (χ2v) is 6.52. The second-order valence-electron chi connectivity index (χ2n) is 6.52. The SMILES string of the molecule is Cc1cc(=O)[nH]c(-n2nc(-c3ccccc3)cc2NC(=O)C2CCC2)n1. The van der Waals surface area contributed by atoms with Gasteiger partial charge in [-0.1, -0.05) is 36.8 Å². The molecule has 0 unspecified atom stereocenters. The average molecular weight is 349 g/mol. The molecule has 3 aromatic rings. The largest absolute Gasteiger partial charge is 0.310 e. The zero-order valence-corrected chi connectivity index (χ0v) is 14.4. The highest BCUT2D eigenvalue weighted by Crippen LogP contribution is 2.29. The summed E-state index contributed by atoms with van der Waals surface area (Å²) in [5, 5.41) is 7.50. The molecule has 1 amide bonds. The van der Waals surface area contributed by atoms with E-state index in [4.69, 9.17) is 0 Å². The smallest absolute Gasteiger partial charge is 0.252 e. The van der Waals surface area contributed by atoms with Crippen molar-refractivity contribution in [2.75, 3.05) is 5.32 Å². The van der Waals surface area contributed by atoms with Crippen molar-refractivity contribution in [2.24, 2.45) is 5.92 Å².